The average Bonchev–Trinajstić information content (AvgIpc) is 3.02. The Balaban J connectivity index is 0.000000878. The monoisotopic (exact) mass is 384 g/mol. The van der Waals surface area contributed by atoms with Gasteiger partial charge in [-0.25, -0.2) is 8.78 Å². The first-order chi connectivity index (χ1) is 13.5. The highest BCUT2D eigenvalue weighted by atomic mass is 19.2. The molecular formula is C24H30F2N2. The number of aryl methyl sites for hydroxylation is 1. The van der Waals surface area contributed by atoms with Crippen molar-refractivity contribution in [3.63, 3.8) is 0 Å². The van der Waals surface area contributed by atoms with Gasteiger partial charge < -0.3 is 4.90 Å². The molecule has 1 fully saturated rings. The molecule has 2 aromatic rings. The summed E-state index contributed by atoms with van der Waals surface area (Å²) in [6, 6.07) is 20.6. The number of halogens is 2. The van der Waals surface area contributed by atoms with E-state index in [1.165, 1.54) is 18.1 Å². The van der Waals surface area contributed by atoms with Gasteiger partial charge in [-0.2, -0.15) is 5.26 Å². The van der Waals surface area contributed by atoms with Crippen LogP contribution in [0.1, 0.15) is 48.8 Å². The minimum absolute atomic E-state index is 0.0380. The van der Waals surface area contributed by atoms with Gasteiger partial charge in [-0.1, -0.05) is 54.6 Å². The van der Waals surface area contributed by atoms with Crippen LogP contribution in [0.2, 0.25) is 0 Å². The zero-order valence-corrected chi connectivity index (χ0v) is 16.8. The van der Waals surface area contributed by atoms with Gasteiger partial charge >= 0.3 is 0 Å². The lowest BCUT2D eigenvalue weighted by Gasteiger charge is -2.16. The normalized spacial score (nSPS) is 21.1. The smallest absolute Gasteiger partial charge is 0.132 e. The van der Waals surface area contributed by atoms with E-state index in [2.05, 4.69) is 60.5 Å². The highest BCUT2D eigenvalue weighted by Gasteiger charge is 2.35. The summed E-state index contributed by atoms with van der Waals surface area (Å²) in [5.41, 5.74) is 3.71. The van der Waals surface area contributed by atoms with E-state index >= 15 is 0 Å². The minimum atomic E-state index is -1.29. The molecule has 2 aromatic carbocycles. The first-order valence-corrected chi connectivity index (χ1v) is 9.93. The topological polar surface area (TPSA) is 27.0 Å². The molecule has 2 atom stereocenters. The fraction of sp³-hybridized carbons (Fsp3) is 0.458. The van der Waals surface area contributed by atoms with Gasteiger partial charge in [0, 0.05) is 13.5 Å². The molecule has 150 valence electrons. The number of benzene rings is 2. The molecular weight excluding hydrogens is 354 g/mol. The molecule has 2 nitrogen and oxygen atoms in total. The maximum absolute atomic E-state index is 13.4. The Morgan fingerprint density at radius 2 is 1.54 bits per heavy atom. The maximum Gasteiger partial charge on any atom is 0.132 e. The van der Waals surface area contributed by atoms with Gasteiger partial charge in [0.2, 0.25) is 0 Å². The first kappa shape index (κ1) is 22.0. The lowest BCUT2D eigenvalue weighted by atomic mass is 9.96. The van der Waals surface area contributed by atoms with Crippen molar-refractivity contribution in [2.45, 2.75) is 57.4 Å². The molecule has 3 rings (SSSR count). The zero-order valence-electron chi connectivity index (χ0n) is 16.8. The lowest BCUT2D eigenvalue weighted by molar-refractivity contribution is 0.199. The van der Waals surface area contributed by atoms with Crippen LogP contribution in [0.5, 0.6) is 0 Å². The van der Waals surface area contributed by atoms with Crippen LogP contribution in [-0.4, -0.2) is 30.8 Å². The summed E-state index contributed by atoms with van der Waals surface area (Å²) in [5.74, 6) is 0.0380. The van der Waals surface area contributed by atoms with Crippen molar-refractivity contribution in [1.29, 1.82) is 5.26 Å². The molecule has 28 heavy (non-hydrogen) atoms. The molecule has 0 heterocycles. The summed E-state index contributed by atoms with van der Waals surface area (Å²) < 4.78 is 26.7. The van der Waals surface area contributed by atoms with Gasteiger partial charge in [-0.3, -0.25) is 0 Å². The molecule has 1 saturated carbocycles. The summed E-state index contributed by atoms with van der Waals surface area (Å²) in [4.78, 5) is 2.34. The van der Waals surface area contributed by atoms with Crippen molar-refractivity contribution >= 4 is 0 Å². The van der Waals surface area contributed by atoms with Crippen molar-refractivity contribution in [3.05, 3.63) is 71.3 Å². The van der Waals surface area contributed by atoms with Crippen LogP contribution in [0.25, 0.3) is 0 Å². The fourth-order valence-electron chi connectivity index (χ4n) is 3.69. The zero-order chi connectivity index (χ0) is 20.4. The number of hydrogen-bond donors (Lipinski definition) is 0. The highest BCUT2D eigenvalue weighted by molar-refractivity contribution is 5.27. The number of nitrogens with zero attached hydrogens (tertiary/aromatic N) is 2. The first-order valence-electron chi connectivity index (χ1n) is 9.93. The third kappa shape index (κ3) is 7.05. The van der Waals surface area contributed by atoms with Crippen molar-refractivity contribution in [2.75, 3.05) is 13.6 Å². The molecule has 1 aliphatic carbocycles. The summed E-state index contributed by atoms with van der Waals surface area (Å²) in [5, 5.41) is 7.32. The van der Waals surface area contributed by atoms with E-state index in [0.717, 1.165) is 31.5 Å². The lowest BCUT2D eigenvalue weighted by Crippen LogP contribution is -2.19. The Bertz CT molecular complexity index is 715. The average molecular weight is 385 g/mol. The van der Waals surface area contributed by atoms with E-state index in [-0.39, 0.29) is 5.92 Å². The standard InChI is InChI=1S/C22H27F2N.C2H3N/c1-25(16-18-6-3-2-4-7-18)13-5-8-17-9-11-19(12-10-17)20-14-21(23)22(24)15-20;1-2-3/h2-4,6-7,9-12,20-22H,5,8,13-16H2,1H3;1H3. The summed E-state index contributed by atoms with van der Waals surface area (Å²) in [6.45, 7) is 3.45. The van der Waals surface area contributed by atoms with Crippen molar-refractivity contribution in [2.24, 2.45) is 0 Å². The Labute approximate surface area is 167 Å². The van der Waals surface area contributed by atoms with Gasteiger partial charge in [-0.05, 0) is 61.9 Å². The quantitative estimate of drug-likeness (QED) is 0.600. The van der Waals surface area contributed by atoms with Crippen LogP contribution in [0.15, 0.2) is 54.6 Å². The number of rotatable bonds is 7. The second-order valence-electron chi connectivity index (χ2n) is 7.49. The van der Waals surface area contributed by atoms with E-state index in [4.69, 9.17) is 5.26 Å². The van der Waals surface area contributed by atoms with Crippen molar-refractivity contribution in [1.82, 2.24) is 4.90 Å². The van der Waals surface area contributed by atoms with Crippen LogP contribution in [0.3, 0.4) is 0 Å². The van der Waals surface area contributed by atoms with E-state index in [0.29, 0.717) is 12.8 Å². The largest absolute Gasteiger partial charge is 0.302 e. The molecule has 0 spiro atoms. The third-order valence-electron chi connectivity index (χ3n) is 5.16. The molecule has 1 aliphatic rings. The molecule has 0 amide bonds. The van der Waals surface area contributed by atoms with E-state index in [1.54, 1.807) is 6.07 Å². The fourth-order valence-corrected chi connectivity index (χ4v) is 3.69. The molecule has 0 radical (unpaired) electrons. The summed E-state index contributed by atoms with van der Waals surface area (Å²) in [6.07, 6.45) is 0.206. The van der Waals surface area contributed by atoms with Gasteiger partial charge in [0.1, 0.15) is 12.3 Å². The summed E-state index contributed by atoms with van der Waals surface area (Å²) >= 11 is 0. The van der Waals surface area contributed by atoms with Gasteiger partial charge in [-0.15, -0.1) is 0 Å². The molecule has 0 aromatic heterocycles. The van der Waals surface area contributed by atoms with Crippen LogP contribution >= 0.6 is 0 Å². The Hall–Kier alpha value is -2.25. The highest BCUT2D eigenvalue weighted by Crippen LogP contribution is 2.37. The Kier molecular flexibility index (Phi) is 9.10. The predicted molar refractivity (Wildman–Crippen MR) is 111 cm³/mol. The van der Waals surface area contributed by atoms with Gasteiger partial charge in [0.25, 0.3) is 0 Å². The maximum atomic E-state index is 13.4. The van der Waals surface area contributed by atoms with Crippen LogP contribution < -0.4 is 0 Å². The van der Waals surface area contributed by atoms with Gasteiger partial charge in [0.05, 0.1) is 6.07 Å². The Morgan fingerprint density at radius 1 is 0.964 bits per heavy atom. The molecule has 0 saturated heterocycles. The second kappa shape index (κ2) is 11.6. The summed E-state index contributed by atoms with van der Waals surface area (Å²) in [7, 11) is 2.15. The number of alkyl halides is 2. The van der Waals surface area contributed by atoms with Crippen LogP contribution in [0.4, 0.5) is 8.78 Å². The number of nitriles is 1. The number of hydrogen-bond acceptors (Lipinski definition) is 2. The SMILES string of the molecule is CC#N.CN(CCCc1ccc(C2CC(F)C(F)C2)cc1)Cc1ccccc1. The second-order valence-corrected chi connectivity index (χ2v) is 7.49. The van der Waals surface area contributed by atoms with Gasteiger partial charge in [0.15, 0.2) is 0 Å². The minimum Gasteiger partial charge on any atom is -0.302 e. The van der Waals surface area contributed by atoms with E-state index in [1.807, 2.05) is 6.07 Å². The van der Waals surface area contributed by atoms with E-state index in [9.17, 15) is 8.78 Å². The van der Waals surface area contributed by atoms with Crippen LogP contribution in [0, 0.1) is 11.3 Å². The van der Waals surface area contributed by atoms with Crippen molar-refractivity contribution in [3.8, 4) is 6.07 Å². The molecule has 4 heteroatoms. The molecule has 0 bridgehead atoms. The molecule has 0 aliphatic heterocycles. The molecule has 0 N–H and O–H groups in total. The predicted octanol–water partition coefficient (Wildman–Crippen LogP) is 5.83. The van der Waals surface area contributed by atoms with Crippen LogP contribution in [-0.2, 0) is 13.0 Å². The van der Waals surface area contributed by atoms with E-state index < -0.39 is 12.3 Å². The van der Waals surface area contributed by atoms with Crippen molar-refractivity contribution < 1.29 is 8.78 Å². The molecule has 2 unspecified atom stereocenters. The Morgan fingerprint density at radius 3 is 2.11 bits per heavy atom. The third-order valence-corrected chi connectivity index (χ3v) is 5.16.